The zero-order valence-electron chi connectivity index (χ0n) is 15.7. The molecule has 1 fully saturated rings. The van der Waals surface area contributed by atoms with E-state index in [-0.39, 0.29) is 11.8 Å². The van der Waals surface area contributed by atoms with Gasteiger partial charge in [0.1, 0.15) is 5.60 Å². The van der Waals surface area contributed by atoms with Crippen molar-refractivity contribution in [2.75, 3.05) is 18.8 Å². The van der Waals surface area contributed by atoms with E-state index in [4.69, 9.17) is 4.74 Å². The number of nitro groups is 1. The quantitative estimate of drug-likeness (QED) is 0.475. The number of nitro benzene ring substituents is 1. The predicted molar refractivity (Wildman–Crippen MR) is 104 cm³/mol. The van der Waals surface area contributed by atoms with E-state index in [0.717, 1.165) is 29.3 Å². The van der Waals surface area contributed by atoms with Crippen LogP contribution in [-0.4, -0.2) is 50.3 Å². The molecule has 1 aromatic carbocycles. The number of likely N-dealkylation sites (tertiary alicyclic amines) is 1. The first-order valence-electron chi connectivity index (χ1n) is 8.96. The molecular weight excluding hydrogens is 368 g/mol. The largest absolute Gasteiger partial charge is 0.444 e. The first kappa shape index (κ1) is 19.5. The van der Waals surface area contributed by atoms with Crippen LogP contribution in [0.2, 0.25) is 0 Å². The highest BCUT2D eigenvalue weighted by Crippen LogP contribution is 2.28. The summed E-state index contributed by atoms with van der Waals surface area (Å²) in [4.78, 5) is 32.0. The minimum atomic E-state index is -0.472. The van der Waals surface area contributed by atoms with Crippen molar-refractivity contribution >= 4 is 34.6 Å². The van der Waals surface area contributed by atoms with Gasteiger partial charge >= 0.3 is 6.09 Å². The van der Waals surface area contributed by atoms with Crippen LogP contribution in [0, 0.1) is 16.0 Å². The summed E-state index contributed by atoms with van der Waals surface area (Å²) in [7, 11) is 0. The lowest BCUT2D eigenvalue weighted by atomic mass is 9.99. The van der Waals surface area contributed by atoms with Crippen LogP contribution in [0.1, 0.15) is 33.6 Å². The van der Waals surface area contributed by atoms with Crippen molar-refractivity contribution in [3.8, 4) is 0 Å². The van der Waals surface area contributed by atoms with Crippen LogP contribution in [0.4, 0.5) is 10.5 Å². The molecule has 8 nitrogen and oxygen atoms in total. The molecule has 2 aromatic rings. The molecule has 0 unspecified atom stereocenters. The number of rotatable bonds is 4. The number of hydrogen-bond donors (Lipinski definition) is 1. The summed E-state index contributed by atoms with van der Waals surface area (Å²) >= 11 is 1.62. The first-order valence-corrected chi connectivity index (χ1v) is 9.95. The molecule has 0 spiro atoms. The monoisotopic (exact) mass is 392 g/mol. The average molecular weight is 392 g/mol. The predicted octanol–water partition coefficient (Wildman–Crippen LogP) is 4.21. The highest BCUT2D eigenvalue weighted by molar-refractivity contribution is 7.99. The van der Waals surface area contributed by atoms with Crippen molar-refractivity contribution in [3.63, 3.8) is 0 Å². The van der Waals surface area contributed by atoms with E-state index in [1.54, 1.807) is 22.7 Å². The summed E-state index contributed by atoms with van der Waals surface area (Å²) in [5.74, 6) is 1.39. The number of imidazole rings is 1. The van der Waals surface area contributed by atoms with Crippen LogP contribution in [0.5, 0.6) is 0 Å². The Balaban J connectivity index is 1.51. The molecule has 1 saturated heterocycles. The van der Waals surface area contributed by atoms with Crippen LogP contribution >= 0.6 is 11.8 Å². The maximum Gasteiger partial charge on any atom is 0.410 e. The molecule has 27 heavy (non-hydrogen) atoms. The Kier molecular flexibility index (Phi) is 5.59. The zero-order valence-corrected chi connectivity index (χ0v) is 16.5. The van der Waals surface area contributed by atoms with E-state index in [1.165, 1.54) is 12.1 Å². The summed E-state index contributed by atoms with van der Waals surface area (Å²) in [6.45, 7) is 7.02. The van der Waals surface area contributed by atoms with Gasteiger partial charge in [0, 0.05) is 31.0 Å². The highest BCUT2D eigenvalue weighted by Gasteiger charge is 2.27. The summed E-state index contributed by atoms with van der Waals surface area (Å²) in [5, 5.41) is 11.6. The Morgan fingerprint density at radius 3 is 2.74 bits per heavy atom. The summed E-state index contributed by atoms with van der Waals surface area (Å²) in [6, 6.07) is 4.63. The number of benzene rings is 1. The van der Waals surface area contributed by atoms with Crippen molar-refractivity contribution in [2.45, 2.75) is 44.4 Å². The molecule has 146 valence electrons. The van der Waals surface area contributed by atoms with Gasteiger partial charge in [0.2, 0.25) is 0 Å². The van der Waals surface area contributed by atoms with E-state index in [1.807, 2.05) is 20.8 Å². The first-order chi connectivity index (χ1) is 12.7. The molecule has 1 aromatic heterocycles. The van der Waals surface area contributed by atoms with Crippen molar-refractivity contribution in [2.24, 2.45) is 5.92 Å². The second-order valence-electron chi connectivity index (χ2n) is 7.72. The number of aromatic amines is 1. The molecule has 1 N–H and O–H groups in total. The number of H-pyrrole nitrogens is 1. The number of ether oxygens (including phenoxy) is 1. The fourth-order valence-electron chi connectivity index (χ4n) is 2.96. The molecule has 0 radical (unpaired) electrons. The van der Waals surface area contributed by atoms with E-state index in [9.17, 15) is 14.9 Å². The highest BCUT2D eigenvalue weighted by atomic mass is 32.2. The molecule has 2 heterocycles. The number of aromatic nitrogens is 2. The third-order valence-electron chi connectivity index (χ3n) is 4.38. The van der Waals surface area contributed by atoms with Crippen molar-refractivity contribution < 1.29 is 14.5 Å². The maximum atomic E-state index is 12.1. The van der Waals surface area contributed by atoms with Crippen LogP contribution in [0.25, 0.3) is 11.0 Å². The standard InChI is InChI=1S/C18H24N4O4S/c1-18(2,3)26-17(23)21-8-6-12(7-9-21)11-27-16-19-14-5-4-13(22(24)25)10-15(14)20-16/h4-5,10,12H,6-9,11H2,1-3H3,(H,19,20). The summed E-state index contributed by atoms with van der Waals surface area (Å²) < 4.78 is 5.42. The van der Waals surface area contributed by atoms with Gasteiger partial charge in [-0.2, -0.15) is 0 Å². The SMILES string of the molecule is CC(C)(C)OC(=O)N1CCC(CSc2nc3ccc([N+](=O)[O-])cc3[nH]2)CC1. The van der Waals surface area contributed by atoms with Gasteiger partial charge in [0.05, 0.1) is 16.0 Å². The molecule has 0 atom stereocenters. The number of carbonyl (C=O) groups is 1. The third-order valence-corrected chi connectivity index (χ3v) is 5.48. The molecule has 9 heteroatoms. The zero-order chi connectivity index (χ0) is 19.6. The number of hydrogen-bond acceptors (Lipinski definition) is 6. The van der Waals surface area contributed by atoms with Gasteiger partial charge in [0.25, 0.3) is 5.69 Å². The lowest BCUT2D eigenvalue weighted by Crippen LogP contribution is -2.42. The maximum absolute atomic E-state index is 12.1. The van der Waals surface area contributed by atoms with Crippen LogP contribution in [-0.2, 0) is 4.74 Å². The second-order valence-corrected chi connectivity index (χ2v) is 8.73. The van der Waals surface area contributed by atoms with Gasteiger partial charge in [-0.05, 0) is 45.6 Å². The number of thioether (sulfide) groups is 1. The van der Waals surface area contributed by atoms with Crippen molar-refractivity contribution in [1.29, 1.82) is 0 Å². The van der Waals surface area contributed by atoms with Gasteiger partial charge in [0.15, 0.2) is 5.16 Å². The van der Waals surface area contributed by atoms with Crippen LogP contribution in [0.15, 0.2) is 23.4 Å². The van der Waals surface area contributed by atoms with Gasteiger partial charge < -0.3 is 14.6 Å². The normalized spacial score (nSPS) is 15.9. The number of fused-ring (bicyclic) bond motifs is 1. The van der Waals surface area contributed by atoms with E-state index >= 15 is 0 Å². The Morgan fingerprint density at radius 1 is 1.41 bits per heavy atom. The lowest BCUT2D eigenvalue weighted by Gasteiger charge is -2.33. The molecule has 0 bridgehead atoms. The number of non-ortho nitro benzene ring substituents is 1. The molecule has 1 aliphatic heterocycles. The second kappa shape index (κ2) is 7.75. The number of nitrogens with zero attached hydrogens (tertiary/aromatic N) is 3. The fraction of sp³-hybridized carbons (Fsp3) is 0.556. The van der Waals surface area contributed by atoms with Crippen LogP contribution < -0.4 is 0 Å². The van der Waals surface area contributed by atoms with Gasteiger partial charge in [-0.15, -0.1) is 0 Å². The number of carbonyl (C=O) groups excluding carboxylic acids is 1. The van der Waals surface area contributed by atoms with Gasteiger partial charge in [-0.1, -0.05) is 11.8 Å². The third kappa shape index (κ3) is 5.12. The van der Waals surface area contributed by atoms with Crippen molar-refractivity contribution in [1.82, 2.24) is 14.9 Å². The Bertz CT molecular complexity index is 837. The van der Waals surface area contributed by atoms with Gasteiger partial charge in [-0.3, -0.25) is 10.1 Å². The van der Waals surface area contributed by atoms with E-state index in [0.29, 0.717) is 24.5 Å². The molecule has 0 aliphatic carbocycles. The van der Waals surface area contributed by atoms with Crippen molar-refractivity contribution in [3.05, 3.63) is 28.3 Å². The smallest absolute Gasteiger partial charge is 0.410 e. The Morgan fingerprint density at radius 2 is 2.11 bits per heavy atom. The average Bonchev–Trinajstić information content (AvgIpc) is 3.01. The lowest BCUT2D eigenvalue weighted by molar-refractivity contribution is -0.384. The number of nitrogens with one attached hydrogen (secondary N) is 1. The summed E-state index contributed by atoms with van der Waals surface area (Å²) in [6.07, 6.45) is 1.61. The molecule has 1 aliphatic rings. The number of piperidine rings is 1. The molecular formula is C18H24N4O4S. The van der Waals surface area contributed by atoms with Crippen LogP contribution in [0.3, 0.4) is 0 Å². The Hall–Kier alpha value is -2.29. The molecule has 1 amide bonds. The van der Waals surface area contributed by atoms with Gasteiger partial charge in [-0.25, -0.2) is 9.78 Å². The summed E-state index contributed by atoms with van der Waals surface area (Å²) in [5.41, 5.74) is 0.978. The topological polar surface area (TPSA) is 101 Å². The van der Waals surface area contributed by atoms with E-state index in [2.05, 4.69) is 9.97 Å². The number of amides is 1. The minimum absolute atomic E-state index is 0.0530. The fourth-order valence-corrected chi connectivity index (χ4v) is 4.03. The minimum Gasteiger partial charge on any atom is -0.444 e. The van der Waals surface area contributed by atoms with E-state index < -0.39 is 10.5 Å². The molecule has 3 rings (SSSR count). The Labute approximate surface area is 161 Å². The molecule has 0 saturated carbocycles.